The number of nitrogen functional groups attached to an aromatic ring is 1. The second-order valence-corrected chi connectivity index (χ2v) is 41.7. The summed E-state index contributed by atoms with van der Waals surface area (Å²) in [5.41, 5.74) is 14.8. The number of anilines is 2. The smallest absolute Gasteiger partial charge is 0.461 e. The number of rotatable bonds is 22. The van der Waals surface area contributed by atoms with E-state index in [-0.39, 0.29) is 102 Å². The zero-order valence-corrected chi connectivity index (χ0v) is 90.9. The van der Waals surface area contributed by atoms with E-state index < -0.39 is 59.3 Å². The van der Waals surface area contributed by atoms with Crippen molar-refractivity contribution >= 4 is 164 Å². The van der Waals surface area contributed by atoms with Gasteiger partial charge >= 0.3 is 7.12 Å². The number of carbonyl (C=O) groups excluding carboxylic acids is 11. The number of aromatic nitrogens is 8. The Morgan fingerprint density at radius 2 is 0.860 bits per heavy atom. The van der Waals surface area contributed by atoms with Gasteiger partial charge in [-0.1, -0.05) is 139 Å². The molecule has 2 atom stereocenters. The number of phenols is 1. The van der Waals surface area contributed by atoms with Crippen molar-refractivity contribution in [1.29, 1.82) is 0 Å². The van der Waals surface area contributed by atoms with Gasteiger partial charge < -0.3 is 44.4 Å². The highest BCUT2D eigenvalue weighted by molar-refractivity contribution is 9.11. The first-order valence-electron chi connectivity index (χ1n) is 47.3. The molecule has 8 amide bonds. The highest BCUT2D eigenvalue weighted by atomic mass is 79.9. The number of ether oxygens (including phenoxy) is 4. The van der Waals surface area contributed by atoms with Crippen LogP contribution in [0.5, 0.6) is 28.7 Å². The summed E-state index contributed by atoms with van der Waals surface area (Å²) in [6.45, 7) is 35.3. The Bertz CT molecular complexity index is 6240. The Labute approximate surface area is 875 Å². The van der Waals surface area contributed by atoms with Gasteiger partial charge in [0.2, 0.25) is 23.6 Å². The summed E-state index contributed by atoms with van der Waals surface area (Å²) in [5, 5.41) is 35.5. The monoisotopic (exact) mass is 2270 g/mol. The number of halogens is 5. The quantitative estimate of drug-likeness (QED) is 0.0159. The van der Waals surface area contributed by atoms with E-state index in [1.165, 1.54) is 80.4 Å². The minimum atomic E-state index is -1.00. The van der Waals surface area contributed by atoms with Crippen LogP contribution < -0.4 is 40.6 Å². The van der Waals surface area contributed by atoms with Crippen molar-refractivity contribution in [2.45, 2.75) is 254 Å². The van der Waals surface area contributed by atoms with Gasteiger partial charge in [0.05, 0.1) is 116 Å². The Hall–Kier alpha value is -12.1. The molecule has 758 valence electrons. The maximum Gasteiger partial charge on any atom is 0.461 e. The third-order valence-electron chi connectivity index (χ3n) is 22.2. The van der Waals surface area contributed by atoms with Crippen LogP contribution in [0.25, 0.3) is 17.1 Å². The number of hydrogen-bond acceptors (Lipinski definition) is 24. The third kappa shape index (κ3) is 32.7. The van der Waals surface area contributed by atoms with Crippen LogP contribution in [0.15, 0.2) is 199 Å². The lowest BCUT2D eigenvalue weighted by Crippen LogP contribution is -2.54. The number of carbonyl (C=O) groups is 11. The Morgan fingerprint density at radius 1 is 0.476 bits per heavy atom. The third-order valence-corrected chi connectivity index (χ3v) is 24.5. The number of amides is 8. The van der Waals surface area contributed by atoms with Crippen molar-refractivity contribution in [3.05, 3.63) is 255 Å². The first-order valence-corrected chi connectivity index (χ1v) is 51.2. The zero-order valence-electron chi connectivity index (χ0n) is 83.0. The maximum atomic E-state index is 13.3. The van der Waals surface area contributed by atoms with Crippen molar-refractivity contribution in [3.63, 3.8) is 0 Å². The number of nitrogens with two attached hydrogens (primary N) is 1. The lowest BCUT2D eigenvalue weighted by Gasteiger charge is -2.32. The lowest BCUT2D eigenvalue weighted by atomic mass is 9.82. The van der Waals surface area contributed by atoms with Crippen molar-refractivity contribution in [2.75, 3.05) is 11.1 Å². The predicted octanol–water partition coefficient (Wildman–Crippen LogP) is 21.9. The van der Waals surface area contributed by atoms with E-state index in [4.69, 9.17) is 39.1 Å². The number of benzene rings is 7. The lowest BCUT2D eigenvalue weighted by molar-refractivity contribution is -0.137. The number of aromatic amines is 1. The molecule has 0 bridgehead atoms. The van der Waals surface area contributed by atoms with E-state index in [1.807, 2.05) is 135 Å². The molecule has 2 unspecified atom stereocenters. The molecule has 19 rings (SSSR count). The second-order valence-electron chi connectivity index (χ2n) is 37.2. The van der Waals surface area contributed by atoms with Crippen LogP contribution in [0.3, 0.4) is 0 Å². The van der Waals surface area contributed by atoms with Crippen molar-refractivity contribution in [2.24, 2.45) is 5.92 Å². The summed E-state index contributed by atoms with van der Waals surface area (Å²) < 4.78 is 44.5. The van der Waals surface area contributed by atoms with E-state index in [9.17, 15) is 52.7 Å². The first-order chi connectivity index (χ1) is 67.9. The van der Waals surface area contributed by atoms with Crippen molar-refractivity contribution < 1.29 is 86.1 Å². The minimum Gasteiger partial charge on any atom is -0.508 e. The Kier molecular flexibility index (Phi) is 41.0. The summed E-state index contributed by atoms with van der Waals surface area (Å²) >= 11 is 16.7. The van der Waals surface area contributed by atoms with Gasteiger partial charge in [-0.05, 0) is 253 Å². The van der Waals surface area contributed by atoms with Gasteiger partial charge in [0.1, 0.15) is 40.8 Å². The van der Waals surface area contributed by atoms with E-state index in [0.717, 1.165) is 103 Å². The molecule has 9 heterocycles. The first kappa shape index (κ1) is 113. The second kappa shape index (κ2) is 51.9. The van der Waals surface area contributed by atoms with Crippen LogP contribution in [0.2, 0.25) is 5.82 Å². The largest absolute Gasteiger partial charge is 0.508 e. The number of nitrogens with zero attached hydrogens (tertiary/aromatic N) is 9. The molecule has 6 fully saturated rings. The molecule has 3 aliphatic carbocycles. The van der Waals surface area contributed by atoms with Crippen LogP contribution in [0.4, 0.5) is 11.4 Å². The van der Waals surface area contributed by atoms with Crippen LogP contribution in [-0.2, 0) is 35.0 Å². The highest BCUT2D eigenvalue weighted by Crippen LogP contribution is 2.49. The van der Waals surface area contributed by atoms with Crippen LogP contribution in [-0.4, -0.2) is 175 Å². The number of imide groups is 4. The van der Waals surface area contributed by atoms with Crippen molar-refractivity contribution in [1.82, 2.24) is 60.0 Å². The molecule has 3 saturated heterocycles. The van der Waals surface area contributed by atoms with E-state index >= 15 is 0 Å². The fourth-order valence-corrected chi connectivity index (χ4v) is 17.7. The zero-order chi connectivity index (χ0) is 105. The predicted molar refractivity (Wildman–Crippen MR) is 564 cm³/mol. The van der Waals surface area contributed by atoms with Gasteiger partial charge in [-0.3, -0.25) is 78.3 Å². The molecule has 11 aromatic rings. The summed E-state index contributed by atoms with van der Waals surface area (Å²) in [7, 11) is 0.0648. The van der Waals surface area contributed by atoms with E-state index in [2.05, 4.69) is 194 Å². The van der Waals surface area contributed by atoms with Gasteiger partial charge in [-0.15, -0.1) is 0 Å². The summed E-state index contributed by atoms with van der Waals surface area (Å²) in [4.78, 5) is 131. The molecule has 32 nitrogen and oxygen atoms in total. The molecule has 143 heavy (non-hydrogen) atoms. The molecule has 4 aromatic heterocycles. The Balaban J connectivity index is 0.000000176. The van der Waals surface area contributed by atoms with Gasteiger partial charge in [-0.25, -0.2) is 14.0 Å². The molecule has 0 spiro atoms. The maximum absolute atomic E-state index is 13.3. The summed E-state index contributed by atoms with van der Waals surface area (Å²) in [6, 6.07) is 36.8. The van der Waals surface area contributed by atoms with Crippen molar-refractivity contribution in [3.8, 4) is 45.8 Å². The average molecular weight is 2280 g/mol. The minimum absolute atomic E-state index is 0.0648. The van der Waals surface area contributed by atoms with Gasteiger partial charge in [0.15, 0.2) is 18.9 Å². The number of phenolic OH excluding ortho intramolecular Hbond substituents is 1. The fourth-order valence-electron chi connectivity index (χ4n) is 14.7. The topological polar surface area (TPSA) is 414 Å². The molecule has 7 aromatic carbocycles. The number of hydrogen-bond donors (Lipinski definition) is 6. The van der Waals surface area contributed by atoms with Gasteiger partial charge in [0, 0.05) is 102 Å². The molecule has 3 saturated carbocycles. The standard InChI is InChI=1S/C29H29N5O5.C16H18N2O2.C13H13BrN2O2.C13H11N3O4.C9H17BO2.C9H10Br2O.C6H4Br2O.C4H4N2O.C4H10.C2H6/c1-16(2)39-21-11-19(18-6-7-18)10-20(12-21)33-15-17(14-31-33)13-30-23-5-3-4-22-26(23)29(38)34(28(22)37)24-8-9-25(35)32-27(24)36;1-11(2)20-16-6-14(13-3-4-13)5-15(7-16)18-9-12(10-19)8-17-18;1-9(2)18-13-4-11(14)3-12(5-13)16-7-10(8-17)6-15-16;14-7-3-1-2-6-10(7)13(20)16(12(6)19)8-4-5-9(17)15-11(8)18;1-8(2)9(3,4)12-10(11-8)7-5-6-7;1-6(2)12-9-4-7(10)3-8(11)5-9;7-4-1-5(8)3-6(9)2-4;7-3-4-1-5-6-2-4;1-4(2)3;1-2/h3-5,10-12,14-16,18,24,30H,6-9,13H2,1-2H3,(H,32,35,36);5-11,13H,3-4H2,1-2H3;3-9H,1-2H3;1-3,8H,4-5,14H2,(H,15,17,18);7H,5-6H2,1-4H3;3-6H,1-2H3;1-3,9H;1-3H,(H,5,6);4H,1-3H3;1-2H3. The SMILES string of the molecule is CC.CC(C)C.CC(C)Oc1cc(Br)cc(-n2cc(C=O)cn2)c1.CC(C)Oc1cc(Br)cc(Br)c1.CC(C)Oc1cc(C2CC2)cc(-n2cc(C=O)cn2)c1.CC(C)Oc1cc(C2CC2)cc(-n2cc(CNc3cccc4c3C(=O)N(C3CCC(=O)NC3=O)C4=O)cn2)c1.CC1(C)OB(C2CC2)OC1(C)C.Nc1cccc2c1C(=O)N(C1CCC(=O)NC1=O)C2=O.O=Cc1cn[nH]c1.Oc1cc(Br)cc(Br)c1. The average Bonchev–Trinajstić information content (AvgIpc) is 1.61. The number of aromatic hydroxyl groups is 1. The molecule has 38 heteroatoms. The van der Waals surface area contributed by atoms with Gasteiger partial charge in [-0.2, -0.15) is 20.4 Å². The van der Waals surface area contributed by atoms with E-state index in [0.29, 0.717) is 46.6 Å². The molecular formula is C105H122BBr5N14O18. The van der Waals surface area contributed by atoms with Crippen LogP contribution in [0.1, 0.15) is 283 Å². The molecular weight excluding hydrogens is 2160 g/mol. The molecule has 5 aliphatic heterocycles. The Morgan fingerprint density at radius 3 is 1.24 bits per heavy atom. The normalized spacial score (nSPS) is 16.5. The number of nitrogens with one attached hydrogen (secondary N) is 4. The van der Waals surface area contributed by atoms with Crippen LogP contribution in [0, 0.1) is 5.92 Å². The molecule has 0 radical (unpaired) electrons. The highest BCUT2D eigenvalue weighted by Gasteiger charge is 2.56. The number of aldehydes is 3. The number of fused-ring (bicyclic) bond motifs is 2. The van der Waals surface area contributed by atoms with E-state index in [1.54, 1.807) is 70.5 Å². The number of piperidine rings is 2. The summed E-state index contributed by atoms with van der Waals surface area (Å²) in [5.74, 6) is 2.03. The molecule has 7 N–H and O–H groups in total. The molecule has 8 aliphatic rings. The summed E-state index contributed by atoms with van der Waals surface area (Å²) in [6.07, 6.45) is 23.8. The van der Waals surface area contributed by atoms with Gasteiger partial charge in [0.25, 0.3) is 23.6 Å². The van der Waals surface area contributed by atoms with Crippen LogP contribution >= 0.6 is 79.6 Å². The number of H-pyrrole nitrogens is 1. The fraction of sp³-hybridized carbons (Fsp3) is 0.381.